The fraction of sp³-hybridized carbons (Fsp3) is 0.625. The lowest BCUT2D eigenvalue weighted by Crippen LogP contribution is -2.48. The Morgan fingerprint density at radius 1 is 1.38 bits per heavy atom. The van der Waals surface area contributed by atoms with Gasteiger partial charge in [0.25, 0.3) is 0 Å². The molecule has 0 saturated carbocycles. The van der Waals surface area contributed by atoms with E-state index < -0.39 is 12.1 Å². The van der Waals surface area contributed by atoms with Gasteiger partial charge in [0.05, 0.1) is 19.8 Å². The third kappa shape index (κ3) is 4.25. The molecule has 0 aromatic carbocycles. The van der Waals surface area contributed by atoms with Crippen LogP contribution in [0.15, 0.2) is 12.1 Å². The molecule has 24 heavy (non-hydrogen) atoms. The van der Waals surface area contributed by atoms with Crippen molar-refractivity contribution in [3.8, 4) is 0 Å². The largest absolute Gasteiger partial charge is 0.447 e. The van der Waals surface area contributed by atoms with Crippen LogP contribution in [0.3, 0.4) is 0 Å². The first-order valence-corrected chi connectivity index (χ1v) is 9.01. The van der Waals surface area contributed by atoms with E-state index in [9.17, 15) is 9.59 Å². The summed E-state index contributed by atoms with van der Waals surface area (Å²) in [5.41, 5.74) is 0. The minimum Gasteiger partial charge on any atom is -0.447 e. The van der Waals surface area contributed by atoms with Crippen LogP contribution in [0.2, 0.25) is 0 Å². The van der Waals surface area contributed by atoms with Crippen LogP contribution in [0.4, 0.5) is 4.79 Å². The first-order valence-electron chi connectivity index (χ1n) is 8.20. The number of amides is 2. The molecule has 0 aliphatic carbocycles. The second kappa shape index (κ2) is 7.96. The number of aryl methyl sites for hydroxylation is 1. The monoisotopic (exact) mass is 353 g/mol. The number of hydrogen-bond donors (Lipinski definition) is 1. The van der Waals surface area contributed by atoms with E-state index in [0.29, 0.717) is 13.1 Å². The van der Waals surface area contributed by atoms with E-state index >= 15 is 0 Å². The van der Waals surface area contributed by atoms with Gasteiger partial charge in [0, 0.05) is 35.9 Å². The summed E-state index contributed by atoms with van der Waals surface area (Å²) in [4.78, 5) is 30.3. The van der Waals surface area contributed by atoms with Crippen LogP contribution in [0, 0.1) is 6.92 Å². The molecule has 2 saturated heterocycles. The van der Waals surface area contributed by atoms with E-state index in [1.165, 1.54) is 9.78 Å². The number of cyclic esters (lactones) is 1. The van der Waals surface area contributed by atoms with Crippen molar-refractivity contribution in [2.45, 2.75) is 19.5 Å². The lowest BCUT2D eigenvalue weighted by molar-refractivity contribution is -0.125. The van der Waals surface area contributed by atoms with Crippen molar-refractivity contribution in [1.82, 2.24) is 15.1 Å². The van der Waals surface area contributed by atoms with Crippen LogP contribution in [0.1, 0.15) is 9.75 Å². The van der Waals surface area contributed by atoms with Crippen molar-refractivity contribution < 1.29 is 19.1 Å². The summed E-state index contributed by atoms with van der Waals surface area (Å²) in [5.74, 6) is -0.151. The lowest BCUT2D eigenvalue weighted by atomic mass is 10.2. The lowest BCUT2D eigenvalue weighted by Gasteiger charge is -2.27. The molecule has 1 N–H and O–H groups in total. The van der Waals surface area contributed by atoms with Gasteiger partial charge in [-0.15, -0.1) is 11.3 Å². The van der Waals surface area contributed by atoms with Crippen molar-refractivity contribution in [2.24, 2.45) is 0 Å². The molecule has 0 spiro atoms. The van der Waals surface area contributed by atoms with Crippen molar-refractivity contribution in [2.75, 3.05) is 46.0 Å². The van der Waals surface area contributed by atoms with Crippen LogP contribution in [-0.4, -0.2) is 73.8 Å². The summed E-state index contributed by atoms with van der Waals surface area (Å²) >= 11 is 1.63. The Morgan fingerprint density at radius 2 is 2.17 bits per heavy atom. The van der Waals surface area contributed by atoms with Crippen LogP contribution >= 0.6 is 11.3 Å². The Morgan fingerprint density at radius 3 is 2.88 bits per heavy atom. The second-order valence-corrected chi connectivity index (χ2v) is 7.35. The second-order valence-electron chi connectivity index (χ2n) is 5.98. The molecule has 3 heterocycles. The van der Waals surface area contributed by atoms with Gasteiger partial charge in [-0.2, -0.15) is 0 Å². The maximum Gasteiger partial charge on any atom is 0.410 e. The number of morpholine rings is 1. The zero-order chi connectivity index (χ0) is 16.9. The van der Waals surface area contributed by atoms with Gasteiger partial charge in [-0.05, 0) is 19.1 Å². The zero-order valence-corrected chi connectivity index (χ0v) is 14.6. The standard InChI is InChI=1S/C16H23N3O4S/c1-12-2-3-13(24-12)10-19-14(11-23-16(19)21)15(20)17-4-5-18-6-8-22-9-7-18/h2-3,14H,4-11H2,1H3,(H,17,20)/t14-/m0/s1. The number of thiophene rings is 1. The van der Waals surface area contributed by atoms with Gasteiger partial charge < -0.3 is 14.8 Å². The summed E-state index contributed by atoms with van der Waals surface area (Å²) in [5, 5.41) is 2.92. The van der Waals surface area contributed by atoms with Crippen LogP contribution in [-0.2, 0) is 20.8 Å². The minimum absolute atomic E-state index is 0.118. The van der Waals surface area contributed by atoms with E-state index in [1.807, 2.05) is 19.1 Å². The third-order valence-electron chi connectivity index (χ3n) is 4.23. The molecule has 2 fully saturated rings. The molecule has 0 unspecified atom stereocenters. The average Bonchev–Trinajstić information content (AvgIpc) is 3.15. The maximum absolute atomic E-state index is 12.4. The number of carbonyl (C=O) groups excluding carboxylic acids is 2. The molecule has 8 heteroatoms. The topological polar surface area (TPSA) is 71.1 Å². The van der Waals surface area contributed by atoms with Gasteiger partial charge in [-0.3, -0.25) is 14.6 Å². The molecule has 2 aliphatic heterocycles. The molecule has 3 rings (SSSR count). The number of ether oxygens (including phenoxy) is 2. The van der Waals surface area contributed by atoms with Crippen molar-refractivity contribution in [1.29, 1.82) is 0 Å². The van der Waals surface area contributed by atoms with Gasteiger partial charge in [-0.25, -0.2) is 4.79 Å². The van der Waals surface area contributed by atoms with Crippen molar-refractivity contribution >= 4 is 23.3 Å². The van der Waals surface area contributed by atoms with Gasteiger partial charge >= 0.3 is 6.09 Å². The highest BCUT2D eigenvalue weighted by Gasteiger charge is 2.38. The number of nitrogens with zero attached hydrogens (tertiary/aromatic N) is 2. The summed E-state index contributed by atoms with van der Waals surface area (Å²) < 4.78 is 10.4. The van der Waals surface area contributed by atoms with Crippen LogP contribution in [0.5, 0.6) is 0 Å². The number of nitrogens with one attached hydrogen (secondary N) is 1. The molecule has 1 aromatic rings. The fourth-order valence-electron chi connectivity index (χ4n) is 2.86. The van der Waals surface area contributed by atoms with Gasteiger partial charge in [0.15, 0.2) is 0 Å². The molecule has 132 valence electrons. The Bertz CT molecular complexity index is 586. The molecule has 7 nitrogen and oxygen atoms in total. The fourth-order valence-corrected chi connectivity index (χ4v) is 3.75. The predicted molar refractivity (Wildman–Crippen MR) is 90.0 cm³/mol. The highest BCUT2D eigenvalue weighted by molar-refractivity contribution is 7.11. The smallest absolute Gasteiger partial charge is 0.410 e. The SMILES string of the molecule is Cc1ccc(CN2C(=O)OC[C@H]2C(=O)NCCN2CCOCC2)s1. The number of hydrogen-bond acceptors (Lipinski definition) is 6. The number of carbonyl (C=O) groups is 2. The average molecular weight is 353 g/mol. The van der Waals surface area contributed by atoms with Crippen molar-refractivity contribution in [3.05, 3.63) is 21.9 Å². The molecule has 2 amide bonds. The Balaban J connectivity index is 1.49. The first kappa shape index (κ1) is 17.2. The summed E-state index contributed by atoms with van der Waals surface area (Å²) in [6.07, 6.45) is -0.422. The quantitative estimate of drug-likeness (QED) is 0.820. The molecule has 0 bridgehead atoms. The Hall–Kier alpha value is -1.64. The molecule has 0 radical (unpaired) electrons. The summed E-state index contributed by atoms with van der Waals surface area (Å²) in [6, 6.07) is 3.45. The maximum atomic E-state index is 12.4. The van der Waals surface area contributed by atoms with Gasteiger partial charge in [0.1, 0.15) is 12.6 Å². The summed E-state index contributed by atoms with van der Waals surface area (Å²) in [6.45, 7) is 7.18. The van der Waals surface area contributed by atoms with Crippen LogP contribution in [0.25, 0.3) is 0 Å². The van der Waals surface area contributed by atoms with Gasteiger partial charge in [-0.1, -0.05) is 0 Å². The molecule has 2 aliphatic rings. The van der Waals surface area contributed by atoms with E-state index in [2.05, 4.69) is 10.2 Å². The molecule has 1 aromatic heterocycles. The normalized spacial score (nSPS) is 21.8. The summed E-state index contributed by atoms with van der Waals surface area (Å²) in [7, 11) is 0. The van der Waals surface area contributed by atoms with E-state index in [4.69, 9.17) is 9.47 Å². The first-order chi connectivity index (χ1) is 11.6. The van der Waals surface area contributed by atoms with Gasteiger partial charge in [0.2, 0.25) is 5.91 Å². The highest BCUT2D eigenvalue weighted by Crippen LogP contribution is 2.21. The Kier molecular flexibility index (Phi) is 5.70. The third-order valence-corrected chi connectivity index (χ3v) is 5.22. The predicted octanol–water partition coefficient (Wildman–Crippen LogP) is 0.826. The molecular formula is C16H23N3O4S. The molecule has 1 atom stereocenters. The zero-order valence-electron chi connectivity index (χ0n) is 13.8. The number of rotatable bonds is 6. The molecular weight excluding hydrogens is 330 g/mol. The van der Waals surface area contributed by atoms with Crippen molar-refractivity contribution in [3.63, 3.8) is 0 Å². The Labute approximate surface area is 145 Å². The van der Waals surface area contributed by atoms with E-state index in [1.54, 1.807) is 11.3 Å². The van der Waals surface area contributed by atoms with Crippen LogP contribution < -0.4 is 5.32 Å². The van der Waals surface area contributed by atoms with E-state index in [0.717, 1.165) is 37.7 Å². The highest BCUT2D eigenvalue weighted by atomic mass is 32.1. The van der Waals surface area contributed by atoms with E-state index in [-0.39, 0.29) is 12.5 Å². The minimum atomic E-state index is -0.551.